The van der Waals surface area contributed by atoms with Gasteiger partial charge in [-0.15, -0.1) is 0 Å². The summed E-state index contributed by atoms with van der Waals surface area (Å²) in [5.74, 6) is -1.85. The Labute approximate surface area is 261 Å². The summed E-state index contributed by atoms with van der Waals surface area (Å²) >= 11 is 0. The Balaban J connectivity index is 2.93. The van der Waals surface area contributed by atoms with Crippen molar-refractivity contribution < 1.29 is 33.9 Å². The molecule has 7 N–H and O–H groups in total. The highest BCUT2D eigenvalue weighted by Gasteiger charge is 2.31. The van der Waals surface area contributed by atoms with Crippen molar-refractivity contribution in [3.63, 3.8) is 0 Å². The van der Waals surface area contributed by atoms with E-state index in [1.165, 1.54) is 24.5 Å². The van der Waals surface area contributed by atoms with Gasteiger partial charge in [-0.3, -0.25) is 29.2 Å². The summed E-state index contributed by atoms with van der Waals surface area (Å²) < 4.78 is 0.816. The minimum Gasteiger partial charge on any atom is -0.355 e. The molecule has 0 spiro atoms. The van der Waals surface area contributed by atoms with Crippen LogP contribution < -0.4 is 36.6 Å². The third kappa shape index (κ3) is 13.3. The summed E-state index contributed by atoms with van der Waals surface area (Å²) in [6, 6.07) is -0.453. The quantitative estimate of drug-likeness (QED) is 0.0882. The minimum absolute atomic E-state index is 0.211. The zero-order valence-corrected chi connectivity index (χ0v) is 27.5. The Morgan fingerprint density at radius 1 is 0.795 bits per heavy atom. The lowest BCUT2D eigenvalue weighted by molar-refractivity contribution is -0.904. The molecule has 0 aromatic carbocycles. The number of amides is 5. The smallest absolute Gasteiger partial charge is 0.252 e. The fourth-order valence-electron chi connectivity index (χ4n) is 4.52. The average Bonchev–Trinajstić information content (AvgIpc) is 2.97. The number of carbonyl (C=O) groups excluding carboxylic acids is 5. The molecule has 0 fully saturated rings. The Kier molecular flexibility index (Phi) is 17.0. The summed E-state index contributed by atoms with van der Waals surface area (Å²) in [6.45, 7) is 15.6. The molecular weight excluding hydrogens is 566 g/mol. The molecule has 248 valence electrons. The molecule has 0 saturated carbocycles. The van der Waals surface area contributed by atoms with Crippen molar-refractivity contribution in [1.82, 2.24) is 31.9 Å². The van der Waals surface area contributed by atoms with Crippen LogP contribution >= 0.6 is 0 Å². The molecule has 13 heteroatoms. The summed E-state index contributed by atoms with van der Waals surface area (Å²) in [5, 5.41) is 26.6. The van der Waals surface area contributed by atoms with Gasteiger partial charge >= 0.3 is 0 Å². The lowest BCUT2D eigenvalue weighted by atomic mass is 9.97. The molecule has 0 saturated heterocycles. The van der Waals surface area contributed by atoms with Gasteiger partial charge < -0.3 is 31.9 Å². The van der Waals surface area contributed by atoms with Gasteiger partial charge in [-0.05, 0) is 45.4 Å². The number of aromatic nitrogens is 1. The van der Waals surface area contributed by atoms with E-state index in [9.17, 15) is 29.2 Å². The number of nitrogens with one attached hydrogen (secondary N) is 6. The summed E-state index contributed by atoms with van der Waals surface area (Å²) in [5.41, 5.74) is 0.282. The predicted octanol–water partition coefficient (Wildman–Crippen LogP) is 0.791. The molecule has 1 heterocycles. The summed E-state index contributed by atoms with van der Waals surface area (Å²) in [6.07, 6.45) is 4.91. The van der Waals surface area contributed by atoms with E-state index < -0.39 is 36.0 Å². The zero-order valence-electron chi connectivity index (χ0n) is 27.5. The van der Waals surface area contributed by atoms with Gasteiger partial charge in [0.1, 0.15) is 18.1 Å². The molecule has 13 nitrogen and oxygen atoms in total. The van der Waals surface area contributed by atoms with Crippen molar-refractivity contribution in [3.8, 4) is 0 Å². The molecule has 0 aliphatic heterocycles. The van der Waals surface area contributed by atoms with Gasteiger partial charge in [-0.25, -0.2) is 0 Å². The molecular formula is C31H54N7O6+. The van der Waals surface area contributed by atoms with E-state index >= 15 is 0 Å². The third-order valence-corrected chi connectivity index (χ3v) is 7.34. The van der Waals surface area contributed by atoms with Crippen molar-refractivity contribution in [2.24, 2.45) is 11.8 Å². The van der Waals surface area contributed by atoms with Crippen molar-refractivity contribution in [3.05, 3.63) is 30.1 Å². The molecule has 44 heavy (non-hydrogen) atoms. The Morgan fingerprint density at radius 2 is 1.43 bits per heavy atom. The Hall–Kier alpha value is -3.74. The molecule has 0 aliphatic rings. The Morgan fingerprint density at radius 3 is 1.98 bits per heavy atom. The first kappa shape index (κ1) is 38.3. The van der Waals surface area contributed by atoms with Gasteiger partial charge in [0.25, 0.3) is 5.91 Å². The summed E-state index contributed by atoms with van der Waals surface area (Å²) in [7, 11) is 0. The van der Waals surface area contributed by atoms with Crippen molar-refractivity contribution >= 4 is 29.5 Å². The maximum Gasteiger partial charge on any atom is 0.252 e. The molecule has 0 aliphatic carbocycles. The Bertz CT molecular complexity index is 1080. The second kappa shape index (κ2) is 19.5. The highest BCUT2D eigenvalue weighted by atomic mass is 16.5. The monoisotopic (exact) mass is 620 g/mol. The number of hydrogen-bond donors (Lipinski definition) is 7. The minimum atomic E-state index is -0.879. The first-order valence-corrected chi connectivity index (χ1v) is 15.7. The average molecular weight is 621 g/mol. The van der Waals surface area contributed by atoms with Crippen LogP contribution in [0.4, 0.5) is 0 Å². The van der Waals surface area contributed by atoms with Gasteiger partial charge in [0.15, 0.2) is 0 Å². The SMILES string of the molecule is CCC[C@H](NC(=O)C(NC(=O)c1cc[n+](O)cc1)C(C)CC)C(=O)NC(CN[C@@H](C)C(=O)NC(C)C(=O)NCC)CC(C)C. The molecule has 0 radical (unpaired) electrons. The van der Waals surface area contributed by atoms with Gasteiger partial charge in [0, 0.05) is 36.0 Å². The molecule has 0 bridgehead atoms. The van der Waals surface area contributed by atoms with Gasteiger partial charge in [-0.2, -0.15) is 0 Å². The van der Waals surface area contributed by atoms with Gasteiger partial charge in [-0.1, -0.05) is 47.5 Å². The third-order valence-electron chi connectivity index (χ3n) is 7.34. The molecule has 1 rings (SSSR count). The normalized spacial score (nSPS) is 15.2. The van der Waals surface area contributed by atoms with Crippen molar-refractivity contribution in [1.29, 1.82) is 0 Å². The fourth-order valence-corrected chi connectivity index (χ4v) is 4.52. The van der Waals surface area contributed by atoms with E-state index in [0.717, 1.165) is 4.73 Å². The first-order chi connectivity index (χ1) is 20.7. The topological polar surface area (TPSA) is 182 Å². The number of carbonyl (C=O) groups is 5. The lowest BCUT2D eigenvalue weighted by Gasteiger charge is -2.28. The molecule has 4 unspecified atom stereocenters. The standard InChI is InChI=1S/C31H53N7O6/c1-9-12-25(36-31(43)26(20(6)10-2)37-29(41)23-13-15-38(44)16-14-23)30(42)35-24(17-19(4)5)18-33-21(7)28(40)34-22(8)27(39)32-11-3/h13-16,19-22,24-26,33H,9-12,17-18H2,1-8H3,(H5-,32,34,35,36,37,39,40,41,42,43,44)/p+1/t20?,21-,22?,24?,25-,26?/m0/s1. The number of rotatable bonds is 19. The van der Waals surface area contributed by atoms with Crippen LogP contribution in [0.15, 0.2) is 24.5 Å². The highest BCUT2D eigenvalue weighted by Crippen LogP contribution is 2.11. The van der Waals surface area contributed by atoms with Gasteiger partial charge in [0.05, 0.1) is 11.6 Å². The molecule has 5 amide bonds. The van der Waals surface area contributed by atoms with E-state index in [1.54, 1.807) is 20.8 Å². The van der Waals surface area contributed by atoms with Gasteiger partial charge in [0.2, 0.25) is 36.0 Å². The first-order valence-electron chi connectivity index (χ1n) is 15.7. The number of hydrogen-bond acceptors (Lipinski definition) is 7. The van der Waals surface area contributed by atoms with Crippen molar-refractivity contribution in [2.75, 3.05) is 13.1 Å². The largest absolute Gasteiger partial charge is 0.355 e. The van der Waals surface area contributed by atoms with Crippen LogP contribution in [0.3, 0.4) is 0 Å². The van der Waals surface area contributed by atoms with Crippen LogP contribution in [0.5, 0.6) is 0 Å². The number of likely N-dealkylation sites (N-methyl/N-ethyl adjacent to an activating group) is 1. The highest BCUT2D eigenvalue weighted by molar-refractivity contribution is 5.98. The number of nitrogens with zero attached hydrogens (tertiary/aromatic N) is 1. The van der Waals surface area contributed by atoms with Crippen LogP contribution in [-0.2, 0) is 19.2 Å². The van der Waals surface area contributed by atoms with E-state index in [1.807, 2.05) is 34.6 Å². The van der Waals surface area contributed by atoms with E-state index in [-0.39, 0.29) is 41.2 Å². The second-order valence-electron chi connectivity index (χ2n) is 11.7. The zero-order chi connectivity index (χ0) is 33.4. The van der Waals surface area contributed by atoms with E-state index in [2.05, 4.69) is 31.9 Å². The molecule has 1 aromatic heterocycles. The van der Waals surface area contributed by atoms with Crippen LogP contribution in [0.25, 0.3) is 0 Å². The van der Waals surface area contributed by atoms with E-state index in [4.69, 9.17) is 0 Å². The number of pyridine rings is 1. The molecule has 1 aromatic rings. The summed E-state index contributed by atoms with van der Waals surface area (Å²) in [4.78, 5) is 64.4. The van der Waals surface area contributed by atoms with Crippen LogP contribution in [0.2, 0.25) is 0 Å². The van der Waals surface area contributed by atoms with E-state index in [0.29, 0.717) is 38.8 Å². The maximum absolute atomic E-state index is 13.5. The maximum atomic E-state index is 13.5. The lowest BCUT2D eigenvalue weighted by Crippen LogP contribution is -2.58. The van der Waals surface area contributed by atoms with Crippen LogP contribution in [0.1, 0.15) is 91.4 Å². The fraction of sp³-hybridized carbons (Fsp3) is 0.677. The van der Waals surface area contributed by atoms with Crippen molar-refractivity contribution in [2.45, 2.75) is 111 Å². The van der Waals surface area contributed by atoms with Crippen LogP contribution in [0, 0.1) is 11.8 Å². The second-order valence-corrected chi connectivity index (χ2v) is 11.7. The predicted molar refractivity (Wildman–Crippen MR) is 167 cm³/mol. The van der Waals surface area contributed by atoms with Crippen LogP contribution in [-0.4, -0.2) is 78.0 Å². The molecule has 6 atom stereocenters.